The van der Waals surface area contributed by atoms with Crippen LogP contribution in [-0.4, -0.2) is 30.6 Å². The normalized spacial score (nSPS) is 16.8. The lowest BCUT2D eigenvalue weighted by Crippen LogP contribution is -2.34. The summed E-state index contributed by atoms with van der Waals surface area (Å²) in [5, 5.41) is 3.84. The molecule has 1 amide bonds. The van der Waals surface area contributed by atoms with Gasteiger partial charge in [-0.05, 0) is 49.1 Å². The number of hydrogen-bond acceptors (Lipinski definition) is 4. The minimum Gasteiger partial charge on any atom is -0.481 e. The van der Waals surface area contributed by atoms with E-state index in [-0.39, 0.29) is 12.5 Å². The molecule has 2 heterocycles. The van der Waals surface area contributed by atoms with Crippen molar-refractivity contribution in [1.82, 2.24) is 4.98 Å². The molecule has 0 bridgehead atoms. The number of rotatable bonds is 5. The monoisotopic (exact) mass is 375 g/mol. The van der Waals surface area contributed by atoms with Gasteiger partial charge in [0.2, 0.25) is 0 Å². The first-order valence-corrected chi connectivity index (χ1v) is 9.81. The van der Waals surface area contributed by atoms with Gasteiger partial charge in [0.05, 0.1) is 0 Å². The van der Waals surface area contributed by atoms with E-state index in [2.05, 4.69) is 29.3 Å². The van der Waals surface area contributed by atoms with Crippen LogP contribution in [0.3, 0.4) is 0 Å². The number of hydrogen-bond donors (Lipinski definition) is 1. The Morgan fingerprint density at radius 2 is 2.00 bits per heavy atom. The van der Waals surface area contributed by atoms with Crippen LogP contribution in [0.15, 0.2) is 60.7 Å². The molecule has 1 aliphatic rings. The second-order valence-corrected chi connectivity index (χ2v) is 7.39. The van der Waals surface area contributed by atoms with Gasteiger partial charge in [0.1, 0.15) is 17.1 Å². The van der Waals surface area contributed by atoms with E-state index in [1.54, 1.807) is 0 Å². The van der Waals surface area contributed by atoms with Gasteiger partial charge in [-0.15, -0.1) is 0 Å². The van der Waals surface area contributed by atoms with Gasteiger partial charge in [0, 0.05) is 24.2 Å². The maximum absolute atomic E-state index is 12.2. The number of carbonyl (C=O) groups is 1. The van der Waals surface area contributed by atoms with E-state index in [1.165, 1.54) is 12.8 Å². The highest BCUT2D eigenvalue weighted by Crippen LogP contribution is 2.28. The van der Waals surface area contributed by atoms with E-state index in [1.807, 2.05) is 48.5 Å². The molecular weight excluding hydrogens is 350 g/mol. The Labute approximate surface area is 165 Å². The van der Waals surface area contributed by atoms with Crippen molar-refractivity contribution in [3.63, 3.8) is 0 Å². The zero-order valence-corrected chi connectivity index (χ0v) is 16.1. The summed E-state index contributed by atoms with van der Waals surface area (Å²) in [5.74, 6) is 2.10. The minimum atomic E-state index is -0.191. The maximum Gasteiger partial charge on any atom is 0.262 e. The van der Waals surface area contributed by atoms with Crippen LogP contribution < -0.4 is 15.0 Å². The number of aromatic nitrogens is 1. The number of carbonyl (C=O) groups excluding carboxylic acids is 1. The van der Waals surface area contributed by atoms with Crippen molar-refractivity contribution in [3.8, 4) is 5.75 Å². The standard InChI is InChI=1S/C23H25N3O2/c1-17-7-6-14-26(15-17)21-13-12-18-8-5-11-20(23(18)25-21)28-16-22(27)24-19-9-3-2-4-10-19/h2-5,8-13,17H,6-7,14-16H2,1H3,(H,24,27)/t17-/m0/s1. The van der Waals surface area contributed by atoms with E-state index in [4.69, 9.17) is 9.72 Å². The summed E-state index contributed by atoms with van der Waals surface area (Å²) in [6, 6.07) is 19.3. The Bertz CT molecular complexity index is 958. The van der Waals surface area contributed by atoms with Crippen molar-refractivity contribution in [2.75, 3.05) is 29.9 Å². The van der Waals surface area contributed by atoms with Gasteiger partial charge in [-0.3, -0.25) is 4.79 Å². The summed E-state index contributed by atoms with van der Waals surface area (Å²) in [5.41, 5.74) is 1.55. The van der Waals surface area contributed by atoms with Crippen molar-refractivity contribution >= 4 is 28.3 Å². The van der Waals surface area contributed by atoms with E-state index >= 15 is 0 Å². The molecule has 0 spiro atoms. The number of anilines is 2. The van der Waals surface area contributed by atoms with Crippen molar-refractivity contribution in [3.05, 3.63) is 60.7 Å². The summed E-state index contributed by atoms with van der Waals surface area (Å²) in [6.07, 6.45) is 2.47. The zero-order chi connectivity index (χ0) is 19.3. The molecule has 0 saturated carbocycles. The Kier molecular flexibility index (Phi) is 5.42. The van der Waals surface area contributed by atoms with Crippen LogP contribution in [0.5, 0.6) is 5.75 Å². The first-order chi connectivity index (χ1) is 13.7. The molecular formula is C23H25N3O2. The van der Waals surface area contributed by atoms with Crippen LogP contribution in [0.4, 0.5) is 11.5 Å². The lowest BCUT2D eigenvalue weighted by molar-refractivity contribution is -0.118. The smallest absolute Gasteiger partial charge is 0.262 e. The van der Waals surface area contributed by atoms with Crippen LogP contribution in [0.2, 0.25) is 0 Å². The number of para-hydroxylation sites is 2. The van der Waals surface area contributed by atoms with Crippen molar-refractivity contribution in [1.29, 1.82) is 0 Å². The maximum atomic E-state index is 12.2. The SMILES string of the molecule is C[C@H]1CCCN(c2ccc3cccc(OCC(=O)Nc4ccccc4)c3n2)C1. The fourth-order valence-corrected chi connectivity index (χ4v) is 3.66. The fraction of sp³-hybridized carbons (Fsp3) is 0.304. The van der Waals surface area contributed by atoms with E-state index in [0.29, 0.717) is 11.7 Å². The Hall–Kier alpha value is -3.08. The number of benzene rings is 2. The minimum absolute atomic E-state index is 0.0549. The molecule has 144 valence electrons. The number of piperidine rings is 1. The molecule has 0 radical (unpaired) electrons. The van der Waals surface area contributed by atoms with Gasteiger partial charge in [0.25, 0.3) is 5.91 Å². The summed E-state index contributed by atoms with van der Waals surface area (Å²) in [7, 11) is 0. The Morgan fingerprint density at radius 3 is 2.82 bits per heavy atom. The van der Waals surface area contributed by atoms with Gasteiger partial charge in [-0.1, -0.05) is 37.3 Å². The van der Waals surface area contributed by atoms with E-state index < -0.39 is 0 Å². The van der Waals surface area contributed by atoms with Crippen molar-refractivity contribution < 1.29 is 9.53 Å². The van der Waals surface area contributed by atoms with Crippen LogP contribution in [0, 0.1) is 5.92 Å². The van der Waals surface area contributed by atoms with Gasteiger partial charge < -0.3 is 15.0 Å². The second kappa shape index (κ2) is 8.30. The largest absolute Gasteiger partial charge is 0.481 e. The molecule has 5 nitrogen and oxygen atoms in total. The lowest BCUT2D eigenvalue weighted by Gasteiger charge is -2.32. The van der Waals surface area contributed by atoms with Crippen LogP contribution in [0.25, 0.3) is 10.9 Å². The molecule has 1 fully saturated rings. The predicted molar refractivity (Wildman–Crippen MR) is 113 cm³/mol. The number of amides is 1. The molecule has 0 aliphatic carbocycles. The fourth-order valence-electron chi connectivity index (χ4n) is 3.66. The molecule has 1 saturated heterocycles. The summed E-state index contributed by atoms with van der Waals surface area (Å²) in [6.45, 7) is 4.29. The summed E-state index contributed by atoms with van der Waals surface area (Å²) >= 11 is 0. The number of nitrogens with one attached hydrogen (secondary N) is 1. The third-order valence-electron chi connectivity index (χ3n) is 5.07. The van der Waals surface area contributed by atoms with E-state index in [0.717, 1.165) is 35.5 Å². The molecule has 0 unspecified atom stereocenters. The number of ether oxygens (including phenoxy) is 1. The molecule has 1 aliphatic heterocycles. The number of pyridine rings is 1. The molecule has 1 atom stereocenters. The van der Waals surface area contributed by atoms with Crippen molar-refractivity contribution in [2.24, 2.45) is 5.92 Å². The van der Waals surface area contributed by atoms with Gasteiger partial charge in [0.15, 0.2) is 6.61 Å². The first kappa shape index (κ1) is 18.3. The Balaban J connectivity index is 1.50. The predicted octanol–water partition coefficient (Wildman–Crippen LogP) is 4.49. The number of fused-ring (bicyclic) bond motifs is 1. The summed E-state index contributed by atoms with van der Waals surface area (Å²) < 4.78 is 5.82. The molecule has 3 aromatic rings. The molecule has 2 aromatic carbocycles. The highest BCUT2D eigenvalue weighted by Gasteiger charge is 2.18. The lowest BCUT2D eigenvalue weighted by atomic mass is 10.0. The molecule has 5 heteroatoms. The van der Waals surface area contributed by atoms with Gasteiger partial charge in [-0.2, -0.15) is 0 Å². The van der Waals surface area contributed by atoms with Crippen LogP contribution in [0.1, 0.15) is 19.8 Å². The van der Waals surface area contributed by atoms with Gasteiger partial charge >= 0.3 is 0 Å². The third kappa shape index (κ3) is 4.25. The molecule has 28 heavy (non-hydrogen) atoms. The molecule has 1 aromatic heterocycles. The average Bonchev–Trinajstić information content (AvgIpc) is 2.72. The average molecular weight is 375 g/mol. The van der Waals surface area contributed by atoms with E-state index in [9.17, 15) is 4.79 Å². The van der Waals surface area contributed by atoms with Crippen LogP contribution >= 0.6 is 0 Å². The quantitative estimate of drug-likeness (QED) is 0.714. The zero-order valence-electron chi connectivity index (χ0n) is 16.1. The van der Waals surface area contributed by atoms with Crippen LogP contribution in [-0.2, 0) is 4.79 Å². The number of nitrogens with zero attached hydrogens (tertiary/aromatic N) is 2. The second-order valence-electron chi connectivity index (χ2n) is 7.39. The first-order valence-electron chi connectivity index (χ1n) is 9.81. The molecule has 4 rings (SSSR count). The Morgan fingerprint density at radius 1 is 1.14 bits per heavy atom. The third-order valence-corrected chi connectivity index (χ3v) is 5.07. The highest BCUT2D eigenvalue weighted by atomic mass is 16.5. The summed E-state index contributed by atoms with van der Waals surface area (Å²) in [4.78, 5) is 19.4. The highest BCUT2D eigenvalue weighted by molar-refractivity contribution is 5.92. The molecule has 1 N–H and O–H groups in total. The van der Waals surface area contributed by atoms with Gasteiger partial charge in [-0.25, -0.2) is 4.98 Å². The topological polar surface area (TPSA) is 54.5 Å². The van der Waals surface area contributed by atoms with Crippen molar-refractivity contribution in [2.45, 2.75) is 19.8 Å².